The molecular formula is C20H16N2O4. The van der Waals surface area contributed by atoms with Gasteiger partial charge in [0.15, 0.2) is 5.76 Å². The van der Waals surface area contributed by atoms with E-state index in [0.29, 0.717) is 11.4 Å². The molecule has 2 aromatic carbocycles. The zero-order valence-electron chi connectivity index (χ0n) is 14.0. The average Bonchev–Trinajstić information content (AvgIpc) is 2.67. The summed E-state index contributed by atoms with van der Waals surface area (Å²) < 4.78 is 4.73. The predicted molar refractivity (Wildman–Crippen MR) is 98.4 cm³/mol. The topological polar surface area (TPSA) is 88.0 Å². The maximum absolute atomic E-state index is 12.6. The Morgan fingerprint density at radius 3 is 2.27 bits per heavy atom. The van der Waals surface area contributed by atoms with Crippen molar-refractivity contribution in [3.8, 4) is 0 Å². The summed E-state index contributed by atoms with van der Waals surface area (Å²) in [5.41, 5.74) is 0.804. The lowest BCUT2D eigenvalue weighted by molar-refractivity contribution is -0.135. The van der Waals surface area contributed by atoms with Gasteiger partial charge in [-0.2, -0.15) is 0 Å². The molecule has 1 aliphatic rings. The Morgan fingerprint density at radius 2 is 1.65 bits per heavy atom. The zero-order chi connectivity index (χ0) is 18.5. The van der Waals surface area contributed by atoms with E-state index in [1.54, 1.807) is 48.5 Å². The molecular weight excluding hydrogens is 332 g/mol. The van der Waals surface area contributed by atoms with Gasteiger partial charge in [-0.1, -0.05) is 36.4 Å². The Kier molecular flexibility index (Phi) is 4.94. The predicted octanol–water partition coefficient (Wildman–Crippen LogP) is 3.32. The average molecular weight is 348 g/mol. The third kappa shape index (κ3) is 3.54. The van der Waals surface area contributed by atoms with Gasteiger partial charge in [0.25, 0.3) is 0 Å². The molecule has 0 amide bonds. The number of esters is 1. The number of nitrogens with one attached hydrogen (secondary N) is 1. The Labute approximate surface area is 150 Å². The molecule has 0 heterocycles. The van der Waals surface area contributed by atoms with E-state index in [2.05, 4.69) is 10.3 Å². The van der Waals surface area contributed by atoms with Gasteiger partial charge in [0.2, 0.25) is 5.78 Å². The fourth-order valence-electron chi connectivity index (χ4n) is 2.45. The van der Waals surface area contributed by atoms with Crippen molar-refractivity contribution in [2.75, 3.05) is 12.4 Å². The SMILES string of the molecule is COC(=O)C1=C(O)C(Nc2ccccc2)=CC(=O)C1=Nc1ccccc1. The van der Waals surface area contributed by atoms with Gasteiger partial charge in [-0.15, -0.1) is 0 Å². The molecule has 6 heteroatoms. The van der Waals surface area contributed by atoms with E-state index in [1.807, 2.05) is 12.1 Å². The molecule has 0 fully saturated rings. The Morgan fingerprint density at radius 1 is 1.04 bits per heavy atom. The highest BCUT2D eigenvalue weighted by atomic mass is 16.5. The quantitative estimate of drug-likeness (QED) is 0.654. The van der Waals surface area contributed by atoms with Crippen LogP contribution in [-0.2, 0) is 14.3 Å². The van der Waals surface area contributed by atoms with Gasteiger partial charge in [0.05, 0.1) is 18.5 Å². The summed E-state index contributed by atoms with van der Waals surface area (Å²) in [5, 5.41) is 13.5. The molecule has 2 aromatic rings. The van der Waals surface area contributed by atoms with E-state index in [0.717, 1.165) is 0 Å². The molecule has 130 valence electrons. The minimum Gasteiger partial charge on any atom is -0.505 e. The number of ketones is 1. The molecule has 6 nitrogen and oxygen atoms in total. The molecule has 0 radical (unpaired) electrons. The van der Waals surface area contributed by atoms with E-state index < -0.39 is 17.5 Å². The number of aliphatic hydroxyl groups excluding tert-OH is 1. The lowest BCUT2D eigenvalue weighted by Gasteiger charge is -2.18. The van der Waals surface area contributed by atoms with Gasteiger partial charge < -0.3 is 15.2 Å². The molecule has 0 bridgehead atoms. The van der Waals surface area contributed by atoms with Crippen LogP contribution in [-0.4, -0.2) is 29.7 Å². The van der Waals surface area contributed by atoms with Crippen molar-refractivity contribution in [1.29, 1.82) is 0 Å². The molecule has 0 saturated heterocycles. The molecule has 26 heavy (non-hydrogen) atoms. The van der Waals surface area contributed by atoms with Gasteiger partial charge in [-0.25, -0.2) is 9.79 Å². The number of anilines is 1. The third-order valence-corrected chi connectivity index (χ3v) is 3.68. The summed E-state index contributed by atoms with van der Waals surface area (Å²) in [7, 11) is 1.18. The normalized spacial score (nSPS) is 15.7. The van der Waals surface area contributed by atoms with Gasteiger partial charge in [0, 0.05) is 11.8 Å². The lowest BCUT2D eigenvalue weighted by Crippen LogP contribution is -2.29. The molecule has 3 rings (SSSR count). The molecule has 0 unspecified atom stereocenters. The summed E-state index contributed by atoms with van der Waals surface area (Å²) in [5.74, 6) is -1.74. The van der Waals surface area contributed by atoms with E-state index in [9.17, 15) is 14.7 Å². The first-order valence-electron chi connectivity index (χ1n) is 7.84. The largest absolute Gasteiger partial charge is 0.505 e. The van der Waals surface area contributed by atoms with Crippen LogP contribution in [0.5, 0.6) is 0 Å². The summed E-state index contributed by atoms with van der Waals surface area (Å²) in [4.78, 5) is 29.0. The first-order valence-corrected chi connectivity index (χ1v) is 7.84. The smallest absolute Gasteiger partial charge is 0.344 e. The van der Waals surface area contributed by atoms with Crippen molar-refractivity contribution in [3.05, 3.63) is 83.8 Å². The number of ether oxygens (including phenoxy) is 1. The summed E-state index contributed by atoms with van der Waals surface area (Å²) in [6.45, 7) is 0. The molecule has 0 atom stereocenters. The number of para-hydroxylation sites is 2. The number of hydrogen-bond acceptors (Lipinski definition) is 6. The van der Waals surface area contributed by atoms with Crippen molar-refractivity contribution < 1.29 is 19.4 Å². The second-order valence-corrected chi connectivity index (χ2v) is 5.42. The van der Waals surface area contributed by atoms with Gasteiger partial charge in [-0.3, -0.25) is 4.79 Å². The number of methoxy groups -OCH3 is 1. The van der Waals surface area contributed by atoms with E-state index >= 15 is 0 Å². The van der Waals surface area contributed by atoms with Crippen molar-refractivity contribution in [2.45, 2.75) is 0 Å². The maximum atomic E-state index is 12.6. The monoisotopic (exact) mass is 348 g/mol. The highest BCUT2D eigenvalue weighted by Crippen LogP contribution is 2.25. The Hall–Kier alpha value is -3.67. The second kappa shape index (κ2) is 7.48. The van der Waals surface area contributed by atoms with Gasteiger partial charge >= 0.3 is 5.97 Å². The molecule has 1 aliphatic carbocycles. The summed E-state index contributed by atoms with van der Waals surface area (Å²) in [6.07, 6.45) is 1.20. The third-order valence-electron chi connectivity index (χ3n) is 3.68. The molecule has 2 N–H and O–H groups in total. The number of allylic oxidation sites excluding steroid dienone is 1. The van der Waals surface area contributed by atoms with Crippen LogP contribution in [0, 0.1) is 0 Å². The van der Waals surface area contributed by atoms with Gasteiger partial charge in [0.1, 0.15) is 11.3 Å². The van der Waals surface area contributed by atoms with Crippen LogP contribution >= 0.6 is 0 Å². The highest BCUT2D eigenvalue weighted by molar-refractivity contribution is 6.56. The van der Waals surface area contributed by atoms with E-state index in [4.69, 9.17) is 4.74 Å². The number of rotatable bonds is 4. The van der Waals surface area contributed by atoms with Crippen LogP contribution in [0.25, 0.3) is 0 Å². The minimum atomic E-state index is -0.842. The lowest BCUT2D eigenvalue weighted by atomic mass is 9.97. The number of carbonyl (C=O) groups is 2. The molecule has 0 aliphatic heterocycles. The van der Waals surface area contributed by atoms with E-state index in [1.165, 1.54) is 13.2 Å². The first-order chi connectivity index (χ1) is 12.6. The van der Waals surface area contributed by atoms with Crippen molar-refractivity contribution in [1.82, 2.24) is 0 Å². The first kappa shape index (κ1) is 17.2. The van der Waals surface area contributed by atoms with Crippen LogP contribution in [0.15, 0.2) is 88.8 Å². The Bertz CT molecular complexity index is 929. The second-order valence-electron chi connectivity index (χ2n) is 5.42. The number of aliphatic hydroxyl groups is 1. The number of aliphatic imine (C=N–C) groups is 1. The number of carbonyl (C=O) groups excluding carboxylic acids is 2. The number of benzene rings is 2. The number of hydrogen-bond donors (Lipinski definition) is 2. The van der Waals surface area contributed by atoms with Crippen molar-refractivity contribution in [2.24, 2.45) is 4.99 Å². The summed E-state index contributed by atoms with van der Waals surface area (Å²) >= 11 is 0. The van der Waals surface area contributed by atoms with Crippen LogP contribution in [0.1, 0.15) is 0 Å². The molecule has 0 aromatic heterocycles. The zero-order valence-corrected chi connectivity index (χ0v) is 14.0. The number of nitrogens with zero attached hydrogens (tertiary/aromatic N) is 1. The fraction of sp³-hybridized carbons (Fsp3) is 0.0500. The maximum Gasteiger partial charge on any atom is 0.344 e. The van der Waals surface area contributed by atoms with Crippen LogP contribution in [0.2, 0.25) is 0 Å². The van der Waals surface area contributed by atoms with Crippen molar-refractivity contribution in [3.63, 3.8) is 0 Å². The fourth-order valence-corrected chi connectivity index (χ4v) is 2.45. The minimum absolute atomic E-state index is 0.105. The van der Waals surface area contributed by atoms with Crippen LogP contribution < -0.4 is 5.32 Å². The Balaban J connectivity index is 2.05. The molecule has 0 saturated carbocycles. The van der Waals surface area contributed by atoms with Crippen molar-refractivity contribution >= 4 is 28.8 Å². The van der Waals surface area contributed by atoms with Gasteiger partial charge in [-0.05, 0) is 24.3 Å². The summed E-state index contributed by atoms with van der Waals surface area (Å²) in [6, 6.07) is 17.7. The van der Waals surface area contributed by atoms with E-state index in [-0.39, 0.29) is 17.0 Å². The molecule has 0 spiro atoms. The highest BCUT2D eigenvalue weighted by Gasteiger charge is 2.32. The van der Waals surface area contributed by atoms with Crippen LogP contribution in [0.3, 0.4) is 0 Å². The van der Waals surface area contributed by atoms with Crippen LogP contribution in [0.4, 0.5) is 11.4 Å². The standard InChI is InChI=1S/C20H16N2O4/c1-26-20(25)17-18(22-14-10-6-3-7-11-14)16(23)12-15(19(17)24)21-13-8-4-2-5-9-13/h2-12,21,24H,1H3.